The van der Waals surface area contributed by atoms with Gasteiger partial charge in [0.05, 0.1) is 35.7 Å². The average molecular weight is 357 g/mol. The van der Waals surface area contributed by atoms with Gasteiger partial charge in [-0.15, -0.1) is 0 Å². The number of hydrogen-bond donors (Lipinski definition) is 1. The third kappa shape index (κ3) is 3.35. The maximum absolute atomic E-state index is 13.1. The van der Waals surface area contributed by atoms with E-state index in [1.54, 1.807) is 22.9 Å². The minimum Gasteiger partial charge on any atom is -0.481 e. The molecule has 7 nitrogen and oxygen atoms in total. The molecule has 0 bridgehead atoms. The highest BCUT2D eigenvalue weighted by Gasteiger charge is 2.37. The molecule has 1 aromatic heterocycles. The van der Waals surface area contributed by atoms with Crippen LogP contribution in [0.25, 0.3) is 5.69 Å². The van der Waals surface area contributed by atoms with Crippen LogP contribution in [0.2, 0.25) is 0 Å². The predicted octanol–water partition coefficient (Wildman–Crippen LogP) is 2.19. The largest absolute Gasteiger partial charge is 0.481 e. The van der Waals surface area contributed by atoms with Crippen molar-refractivity contribution in [1.82, 2.24) is 14.7 Å². The summed E-state index contributed by atoms with van der Waals surface area (Å²) >= 11 is 0. The van der Waals surface area contributed by atoms with Crippen molar-refractivity contribution in [2.45, 2.75) is 38.8 Å². The van der Waals surface area contributed by atoms with E-state index in [1.165, 1.54) is 0 Å². The zero-order valence-corrected chi connectivity index (χ0v) is 15.2. The molecular formula is C19H23N3O4. The van der Waals surface area contributed by atoms with Gasteiger partial charge in [-0.05, 0) is 31.9 Å². The van der Waals surface area contributed by atoms with Gasteiger partial charge in [0.25, 0.3) is 5.91 Å². The van der Waals surface area contributed by atoms with E-state index in [-0.39, 0.29) is 24.5 Å². The zero-order chi connectivity index (χ0) is 18.8. The number of carboxylic acid groups (broad SMARTS) is 1. The van der Waals surface area contributed by atoms with Gasteiger partial charge in [0.1, 0.15) is 0 Å². The smallest absolute Gasteiger partial charge is 0.305 e. The maximum atomic E-state index is 13.1. The van der Waals surface area contributed by atoms with Crippen LogP contribution in [0.15, 0.2) is 30.5 Å². The fraction of sp³-hybridized carbons (Fsp3) is 0.421. The molecule has 3 rings (SSSR count). The molecular weight excluding hydrogens is 334 g/mol. The number of likely N-dealkylation sites (tertiary alicyclic amines) is 1. The first-order chi connectivity index (χ1) is 12.4. The van der Waals surface area contributed by atoms with Crippen molar-refractivity contribution < 1.29 is 19.4 Å². The quantitative estimate of drug-likeness (QED) is 0.887. The lowest BCUT2D eigenvalue weighted by Gasteiger charge is -2.23. The number of methoxy groups -OCH3 is 1. The first-order valence-corrected chi connectivity index (χ1v) is 8.58. The number of ether oxygens (including phenoxy) is 1. The van der Waals surface area contributed by atoms with Crippen LogP contribution in [-0.4, -0.2) is 57.5 Å². The number of hydrogen-bond acceptors (Lipinski definition) is 4. The van der Waals surface area contributed by atoms with Crippen LogP contribution < -0.4 is 0 Å². The van der Waals surface area contributed by atoms with Gasteiger partial charge >= 0.3 is 5.97 Å². The number of carbonyl (C=O) groups is 2. The van der Waals surface area contributed by atoms with Gasteiger partial charge in [-0.1, -0.05) is 18.2 Å². The van der Waals surface area contributed by atoms with Crippen molar-refractivity contribution in [2.75, 3.05) is 13.7 Å². The van der Waals surface area contributed by atoms with Crippen molar-refractivity contribution in [3.63, 3.8) is 0 Å². The summed E-state index contributed by atoms with van der Waals surface area (Å²) in [5.74, 6) is -1.12. The molecule has 1 aliphatic heterocycles. The van der Waals surface area contributed by atoms with E-state index < -0.39 is 5.97 Å². The Kier molecular flexibility index (Phi) is 5.08. The third-order valence-corrected chi connectivity index (χ3v) is 4.96. The molecule has 0 saturated carbocycles. The molecule has 0 aliphatic carbocycles. The Morgan fingerprint density at radius 1 is 1.31 bits per heavy atom. The van der Waals surface area contributed by atoms with Gasteiger partial charge in [-0.2, -0.15) is 5.10 Å². The molecule has 2 unspecified atom stereocenters. The van der Waals surface area contributed by atoms with Gasteiger partial charge in [0, 0.05) is 19.7 Å². The molecule has 2 aromatic rings. The van der Waals surface area contributed by atoms with E-state index in [4.69, 9.17) is 9.84 Å². The lowest BCUT2D eigenvalue weighted by atomic mass is 10.1. The summed E-state index contributed by atoms with van der Waals surface area (Å²) in [6.07, 6.45) is 1.85. The van der Waals surface area contributed by atoms with E-state index in [9.17, 15) is 9.59 Å². The summed E-state index contributed by atoms with van der Waals surface area (Å²) in [4.78, 5) is 25.8. The minimum atomic E-state index is -0.920. The Balaban J connectivity index is 1.90. The Hall–Kier alpha value is -2.67. The van der Waals surface area contributed by atoms with Crippen LogP contribution in [0.3, 0.4) is 0 Å². The molecule has 0 spiro atoms. The van der Waals surface area contributed by atoms with Gasteiger partial charge in [0.15, 0.2) is 0 Å². The molecule has 2 atom stereocenters. The Bertz CT molecular complexity index is 830. The van der Waals surface area contributed by atoms with E-state index in [1.807, 2.05) is 38.1 Å². The fourth-order valence-corrected chi connectivity index (χ4v) is 3.51. The van der Waals surface area contributed by atoms with Crippen LogP contribution in [0.4, 0.5) is 0 Å². The first kappa shape index (κ1) is 18.1. The van der Waals surface area contributed by atoms with Crippen molar-refractivity contribution in [3.05, 3.63) is 47.3 Å². The van der Waals surface area contributed by atoms with E-state index in [0.717, 1.165) is 16.9 Å². The Morgan fingerprint density at radius 2 is 2.04 bits per heavy atom. The Morgan fingerprint density at radius 3 is 2.69 bits per heavy atom. The first-order valence-electron chi connectivity index (χ1n) is 8.58. The van der Waals surface area contributed by atoms with Crippen LogP contribution in [-0.2, 0) is 9.53 Å². The lowest BCUT2D eigenvalue weighted by molar-refractivity contribution is -0.137. The highest BCUT2D eigenvalue weighted by Crippen LogP contribution is 2.26. The monoisotopic (exact) mass is 357 g/mol. The van der Waals surface area contributed by atoms with E-state index in [2.05, 4.69) is 5.10 Å². The molecule has 1 saturated heterocycles. The standard InChI is InChI=1S/C19H23N3O4/c1-12-6-4-5-7-17(12)22-13(2)16(10-20-22)19(25)21-11-15(26-3)8-14(21)9-18(23)24/h4-7,10,14-15H,8-9,11H2,1-3H3,(H,23,24). The average Bonchev–Trinajstić information content (AvgIpc) is 3.18. The maximum Gasteiger partial charge on any atom is 0.305 e. The molecule has 1 aromatic carbocycles. The number of aryl methyl sites for hydroxylation is 1. The summed E-state index contributed by atoms with van der Waals surface area (Å²) in [6, 6.07) is 7.46. The highest BCUT2D eigenvalue weighted by molar-refractivity contribution is 5.96. The van der Waals surface area contributed by atoms with Crippen LogP contribution in [0.1, 0.15) is 34.5 Å². The fourth-order valence-electron chi connectivity index (χ4n) is 3.51. The van der Waals surface area contributed by atoms with Crippen molar-refractivity contribution >= 4 is 11.9 Å². The second-order valence-corrected chi connectivity index (χ2v) is 6.64. The van der Waals surface area contributed by atoms with Gasteiger partial charge in [-0.25, -0.2) is 4.68 Å². The summed E-state index contributed by atoms with van der Waals surface area (Å²) in [5, 5.41) is 13.5. The molecule has 1 amide bonds. The number of nitrogens with zero attached hydrogens (tertiary/aromatic N) is 3. The summed E-state index contributed by atoms with van der Waals surface area (Å²) in [7, 11) is 1.58. The van der Waals surface area contributed by atoms with Crippen LogP contribution in [0.5, 0.6) is 0 Å². The molecule has 1 aliphatic rings. The van der Waals surface area contributed by atoms with Crippen molar-refractivity contribution in [3.8, 4) is 5.69 Å². The number of aromatic nitrogens is 2. The zero-order valence-electron chi connectivity index (χ0n) is 15.2. The summed E-state index contributed by atoms with van der Waals surface area (Å²) in [6.45, 7) is 4.23. The van der Waals surface area contributed by atoms with Crippen molar-refractivity contribution in [2.24, 2.45) is 0 Å². The molecule has 26 heavy (non-hydrogen) atoms. The van der Waals surface area contributed by atoms with E-state index in [0.29, 0.717) is 18.5 Å². The molecule has 2 heterocycles. The number of benzene rings is 1. The van der Waals surface area contributed by atoms with Gasteiger partial charge in [0.2, 0.25) is 0 Å². The molecule has 1 N–H and O–H groups in total. The number of rotatable bonds is 5. The Labute approximate surface area is 152 Å². The molecule has 1 fully saturated rings. The SMILES string of the molecule is COC1CC(CC(=O)O)N(C(=O)c2cnn(-c3ccccc3C)c2C)C1. The second-order valence-electron chi connectivity index (χ2n) is 6.64. The van der Waals surface area contributed by atoms with Gasteiger partial charge in [-0.3, -0.25) is 9.59 Å². The molecule has 0 radical (unpaired) electrons. The van der Waals surface area contributed by atoms with Crippen LogP contribution in [0, 0.1) is 13.8 Å². The molecule has 7 heteroatoms. The third-order valence-electron chi connectivity index (χ3n) is 4.96. The second kappa shape index (κ2) is 7.29. The van der Waals surface area contributed by atoms with Crippen molar-refractivity contribution in [1.29, 1.82) is 0 Å². The number of aliphatic carboxylic acids is 1. The number of carbonyl (C=O) groups excluding carboxylic acids is 1. The highest BCUT2D eigenvalue weighted by atomic mass is 16.5. The molecule has 138 valence electrons. The summed E-state index contributed by atoms with van der Waals surface area (Å²) in [5.41, 5.74) is 3.20. The summed E-state index contributed by atoms with van der Waals surface area (Å²) < 4.78 is 7.10. The number of para-hydroxylation sites is 1. The normalized spacial score (nSPS) is 19.7. The van der Waals surface area contributed by atoms with E-state index >= 15 is 0 Å². The van der Waals surface area contributed by atoms with Gasteiger partial charge < -0.3 is 14.7 Å². The minimum absolute atomic E-state index is 0.0867. The van der Waals surface area contributed by atoms with Crippen LogP contribution >= 0.6 is 0 Å². The lowest BCUT2D eigenvalue weighted by Crippen LogP contribution is -2.37. The number of carboxylic acids is 1. The predicted molar refractivity (Wildman–Crippen MR) is 95.5 cm³/mol. The topological polar surface area (TPSA) is 84.7 Å². The number of amides is 1.